The summed E-state index contributed by atoms with van der Waals surface area (Å²) in [4.78, 5) is 12.3. The molecule has 2 aromatic carbocycles. The summed E-state index contributed by atoms with van der Waals surface area (Å²) in [5, 5.41) is 0.924. The summed E-state index contributed by atoms with van der Waals surface area (Å²) in [7, 11) is 1.57. The number of halogens is 2. The van der Waals surface area contributed by atoms with Crippen LogP contribution >= 0.6 is 23.2 Å². The van der Waals surface area contributed by atoms with Gasteiger partial charge in [-0.3, -0.25) is 4.79 Å². The highest BCUT2D eigenvalue weighted by Gasteiger charge is 2.15. The van der Waals surface area contributed by atoms with Crippen LogP contribution in [0.1, 0.15) is 15.9 Å². The third-order valence-corrected chi connectivity index (χ3v) is 3.43. The molecule has 2 rings (SSSR count). The minimum absolute atomic E-state index is 0.183. The molecule has 0 aliphatic carbocycles. The van der Waals surface area contributed by atoms with E-state index in [0.717, 1.165) is 0 Å². The van der Waals surface area contributed by atoms with Crippen molar-refractivity contribution in [1.29, 1.82) is 0 Å². The molecule has 0 aromatic heterocycles. The Morgan fingerprint density at radius 3 is 2.30 bits per heavy atom. The molecule has 0 fully saturated rings. The monoisotopic (exact) mass is 306 g/mol. The van der Waals surface area contributed by atoms with Crippen LogP contribution < -0.4 is 4.74 Å². The lowest BCUT2D eigenvalue weighted by molar-refractivity contribution is 0.105. The zero-order chi connectivity index (χ0) is 14.7. The van der Waals surface area contributed by atoms with Gasteiger partial charge in [0.1, 0.15) is 5.75 Å². The first kappa shape index (κ1) is 14.6. The van der Waals surface area contributed by atoms with E-state index < -0.39 is 0 Å². The van der Waals surface area contributed by atoms with Crippen molar-refractivity contribution in [1.82, 2.24) is 0 Å². The predicted molar refractivity (Wildman–Crippen MR) is 82.8 cm³/mol. The van der Waals surface area contributed by atoms with Gasteiger partial charge in [0.2, 0.25) is 0 Å². The van der Waals surface area contributed by atoms with Crippen molar-refractivity contribution in [2.24, 2.45) is 0 Å². The molecular weight excluding hydrogens is 295 g/mol. The van der Waals surface area contributed by atoms with Crippen molar-refractivity contribution in [3.8, 4) is 5.75 Å². The van der Waals surface area contributed by atoms with Crippen molar-refractivity contribution < 1.29 is 9.53 Å². The van der Waals surface area contributed by atoms with Gasteiger partial charge in [-0.2, -0.15) is 0 Å². The molecule has 0 radical (unpaired) electrons. The van der Waals surface area contributed by atoms with Gasteiger partial charge in [-0.25, -0.2) is 0 Å². The number of benzene rings is 2. The van der Waals surface area contributed by atoms with E-state index in [4.69, 9.17) is 27.9 Å². The number of ketones is 1. The molecule has 0 N–H and O–H groups in total. The predicted octanol–water partition coefficient (Wildman–Crippen LogP) is 4.90. The van der Waals surface area contributed by atoms with E-state index in [1.54, 1.807) is 49.6 Å². The maximum atomic E-state index is 12.3. The van der Waals surface area contributed by atoms with Crippen molar-refractivity contribution in [3.05, 3.63) is 70.2 Å². The number of carbonyl (C=O) groups excluding carboxylic acids is 1. The van der Waals surface area contributed by atoms with Crippen LogP contribution in [0.25, 0.3) is 5.57 Å². The van der Waals surface area contributed by atoms with Crippen LogP contribution in [-0.4, -0.2) is 12.9 Å². The first-order chi connectivity index (χ1) is 9.52. The molecule has 0 spiro atoms. The highest BCUT2D eigenvalue weighted by molar-refractivity contribution is 6.38. The normalized spacial score (nSPS) is 10.2. The molecular formula is C16H12Cl2O2. The van der Waals surface area contributed by atoms with Crippen molar-refractivity contribution in [2.45, 2.75) is 0 Å². The molecule has 4 heteroatoms. The maximum absolute atomic E-state index is 12.3. The third-order valence-electron chi connectivity index (χ3n) is 2.88. The molecule has 2 aromatic rings. The summed E-state index contributed by atoms with van der Waals surface area (Å²) in [6.07, 6.45) is 0. The number of hydrogen-bond acceptors (Lipinski definition) is 2. The van der Waals surface area contributed by atoms with Gasteiger partial charge in [0, 0.05) is 26.7 Å². The summed E-state index contributed by atoms with van der Waals surface area (Å²) in [6.45, 7) is 3.83. The van der Waals surface area contributed by atoms with E-state index >= 15 is 0 Å². The summed E-state index contributed by atoms with van der Waals surface area (Å²) < 4.78 is 5.06. The molecule has 20 heavy (non-hydrogen) atoms. The van der Waals surface area contributed by atoms with Gasteiger partial charge in [0.25, 0.3) is 0 Å². The summed E-state index contributed by atoms with van der Waals surface area (Å²) in [5.74, 6) is 0.508. The van der Waals surface area contributed by atoms with Crippen LogP contribution in [0, 0.1) is 0 Å². The van der Waals surface area contributed by atoms with E-state index in [-0.39, 0.29) is 5.78 Å². The van der Waals surface area contributed by atoms with Crippen LogP contribution in [-0.2, 0) is 0 Å². The molecule has 0 saturated heterocycles. The second-order valence-electron chi connectivity index (χ2n) is 4.16. The minimum atomic E-state index is -0.183. The Morgan fingerprint density at radius 2 is 1.75 bits per heavy atom. The number of allylic oxidation sites excluding steroid dienone is 1. The fourth-order valence-corrected chi connectivity index (χ4v) is 2.30. The lowest BCUT2D eigenvalue weighted by Gasteiger charge is -2.08. The Bertz CT molecular complexity index is 661. The largest absolute Gasteiger partial charge is 0.497 e. The van der Waals surface area contributed by atoms with Crippen LogP contribution in [0.3, 0.4) is 0 Å². The molecule has 0 unspecified atom stereocenters. The standard InChI is InChI=1S/C16H12Cl2O2/c1-10(14-8-5-12(17)9-15(14)18)16(19)11-3-6-13(20-2)7-4-11/h3-9H,1H2,2H3. The van der Waals surface area contributed by atoms with E-state index in [2.05, 4.69) is 6.58 Å². The Balaban J connectivity index is 2.29. The molecule has 0 amide bonds. The van der Waals surface area contributed by atoms with Gasteiger partial charge in [-0.1, -0.05) is 35.8 Å². The van der Waals surface area contributed by atoms with E-state index in [9.17, 15) is 4.79 Å². The lowest BCUT2D eigenvalue weighted by Crippen LogP contribution is -2.02. The highest BCUT2D eigenvalue weighted by atomic mass is 35.5. The Morgan fingerprint density at radius 1 is 1.10 bits per heavy atom. The Kier molecular flexibility index (Phi) is 4.48. The molecule has 2 nitrogen and oxygen atoms in total. The maximum Gasteiger partial charge on any atom is 0.193 e. The van der Waals surface area contributed by atoms with Gasteiger partial charge >= 0.3 is 0 Å². The van der Waals surface area contributed by atoms with Crippen molar-refractivity contribution in [2.75, 3.05) is 7.11 Å². The zero-order valence-electron chi connectivity index (χ0n) is 10.8. The lowest BCUT2D eigenvalue weighted by atomic mass is 9.98. The second kappa shape index (κ2) is 6.12. The quantitative estimate of drug-likeness (QED) is 0.593. The average molecular weight is 307 g/mol. The van der Waals surface area contributed by atoms with Crippen LogP contribution in [0.4, 0.5) is 0 Å². The van der Waals surface area contributed by atoms with Crippen LogP contribution in [0.2, 0.25) is 10.0 Å². The summed E-state index contributed by atoms with van der Waals surface area (Å²) in [5.41, 5.74) is 1.44. The van der Waals surface area contributed by atoms with Gasteiger partial charge < -0.3 is 4.74 Å². The van der Waals surface area contributed by atoms with Gasteiger partial charge in [0.15, 0.2) is 5.78 Å². The number of methoxy groups -OCH3 is 1. The van der Waals surface area contributed by atoms with Gasteiger partial charge in [-0.05, 0) is 36.4 Å². The molecule has 0 aliphatic heterocycles. The molecule has 0 atom stereocenters. The molecule has 102 valence electrons. The topological polar surface area (TPSA) is 26.3 Å². The second-order valence-corrected chi connectivity index (χ2v) is 5.00. The minimum Gasteiger partial charge on any atom is -0.497 e. The van der Waals surface area contributed by atoms with Crippen LogP contribution in [0.15, 0.2) is 49.0 Å². The first-order valence-corrected chi connectivity index (χ1v) is 6.61. The molecule has 0 heterocycles. The summed E-state index contributed by atoms with van der Waals surface area (Å²) in [6, 6.07) is 11.8. The Labute approximate surface area is 127 Å². The van der Waals surface area contributed by atoms with Crippen molar-refractivity contribution >= 4 is 34.6 Å². The average Bonchev–Trinajstić information content (AvgIpc) is 2.46. The molecule has 0 saturated carbocycles. The van der Waals surface area contributed by atoms with E-state index in [0.29, 0.717) is 32.5 Å². The van der Waals surface area contributed by atoms with Crippen LogP contribution in [0.5, 0.6) is 5.75 Å². The first-order valence-electron chi connectivity index (χ1n) is 5.86. The highest BCUT2D eigenvalue weighted by Crippen LogP contribution is 2.28. The van der Waals surface area contributed by atoms with E-state index in [1.807, 2.05) is 0 Å². The fourth-order valence-electron chi connectivity index (χ4n) is 1.77. The molecule has 0 aliphatic rings. The smallest absolute Gasteiger partial charge is 0.193 e. The number of Topliss-reactive ketones (excluding diaryl/α,β-unsaturated/α-hetero) is 1. The number of hydrogen-bond donors (Lipinski definition) is 0. The SMILES string of the molecule is C=C(C(=O)c1ccc(OC)cc1)c1ccc(Cl)cc1Cl. The molecule has 0 bridgehead atoms. The van der Waals surface area contributed by atoms with E-state index in [1.165, 1.54) is 0 Å². The number of rotatable bonds is 4. The third kappa shape index (κ3) is 3.03. The fraction of sp³-hybridized carbons (Fsp3) is 0.0625. The van der Waals surface area contributed by atoms with Gasteiger partial charge in [0.05, 0.1) is 7.11 Å². The summed E-state index contributed by atoms with van der Waals surface area (Å²) >= 11 is 11.9. The zero-order valence-corrected chi connectivity index (χ0v) is 12.3. The van der Waals surface area contributed by atoms with Gasteiger partial charge in [-0.15, -0.1) is 0 Å². The number of carbonyl (C=O) groups is 1. The number of ether oxygens (including phenoxy) is 1. The Hall–Kier alpha value is -1.77. The van der Waals surface area contributed by atoms with Crippen molar-refractivity contribution in [3.63, 3.8) is 0 Å².